The number of nitrogens with two attached hydrogens (primary N) is 1. The molecule has 2 rings (SSSR count). The fourth-order valence-electron chi connectivity index (χ4n) is 1.47. The Balaban J connectivity index is 2.20. The zero-order valence-electron chi connectivity index (χ0n) is 8.91. The first kappa shape index (κ1) is 11.1. The van der Waals surface area contributed by atoms with E-state index in [0.29, 0.717) is 12.5 Å². The van der Waals surface area contributed by atoms with E-state index in [1.807, 2.05) is 0 Å². The van der Waals surface area contributed by atoms with Crippen molar-refractivity contribution in [1.29, 1.82) is 0 Å². The standard InChI is InChI=1S/C12H14FNO2/c13-10-3-1-2-9(11(15)6-14)12(10)16-7-8-4-5-8/h1-3,8H,4-7,14H2. The van der Waals surface area contributed by atoms with Crippen LogP contribution in [0.4, 0.5) is 4.39 Å². The van der Waals surface area contributed by atoms with Crippen LogP contribution in [0.25, 0.3) is 0 Å². The number of halogens is 1. The molecule has 0 bridgehead atoms. The van der Waals surface area contributed by atoms with E-state index in [4.69, 9.17) is 10.5 Å². The highest BCUT2D eigenvalue weighted by molar-refractivity contribution is 6.00. The van der Waals surface area contributed by atoms with Gasteiger partial charge in [0.05, 0.1) is 18.7 Å². The van der Waals surface area contributed by atoms with Gasteiger partial charge in [-0.15, -0.1) is 0 Å². The quantitative estimate of drug-likeness (QED) is 0.774. The molecule has 0 spiro atoms. The van der Waals surface area contributed by atoms with Gasteiger partial charge in [0.25, 0.3) is 0 Å². The first-order chi connectivity index (χ1) is 7.72. The predicted molar refractivity (Wildman–Crippen MR) is 58.0 cm³/mol. The molecule has 0 amide bonds. The molecule has 1 saturated carbocycles. The molecule has 0 heterocycles. The molecule has 2 N–H and O–H groups in total. The second kappa shape index (κ2) is 4.61. The monoisotopic (exact) mass is 223 g/mol. The van der Waals surface area contributed by atoms with E-state index in [2.05, 4.69) is 0 Å². The van der Waals surface area contributed by atoms with Crippen molar-refractivity contribution in [2.75, 3.05) is 13.2 Å². The van der Waals surface area contributed by atoms with Crippen molar-refractivity contribution in [2.45, 2.75) is 12.8 Å². The fraction of sp³-hybridized carbons (Fsp3) is 0.417. The van der Waals surface area contributed by atoms with Crippen LogP contribution in [-0.4, -0.2) is 18.9 Å². The third-order valence-corrected chi connectivity index (χ3v) is 2.61. The van der Waals surface area contributed by atoms with Crippen molar-refractivity contribution in [3.63, 3.8) is 0 Å². The predicted octanol–water partition coefficient (Wildman–Crippen LogP) is 1.76. The summed E-state index contributed by atoms with van der Waals surface area (Å²) in [7, 11) is 0. The highest BCUT2D eigenvalue weighted by Crippen LogP contribution is 2.31. The van der Waals surface area contributed by atoms with Crippen LogP contribution in [0.5, 0.6) is 5.75 Å². The lowest BCUT2D eigenvalue weighted by atomic mass is 10.1. The SMILES string of the molecule is NCC(=O)c1cccc(F)c1OCC1CC1. The van der Waals surface area contributed by atoms with E-state index < -0.39 is 5.82 Å². The zero-order chi connectivity index (χ0) is 11.5. The number of rotatable bonds is 5. The number of ether oxygens (including phenoxy) is 1. The van der Waals surface area contributed by atoms with Crippen molar-refractivity contribution in [3.05, 3.63) is 29.6 Å². The highest BCUT2D eigenvalue weighted by Gasteiger charge is 2.24. The summed E-state index contributed by atoms with van der Waals surface area (Å²) in [5, 5.41) is 0. The minimum Gasteiger partial charge on any atom is -0.489 e. The minimum atomic E-state index is -0.500. The summed E-state index contributed by atoms with van der Waals surface area (Å²) in [6.45, 7) is 0.342. The topological polar surface area (TPSA) is 52.3 Å². The molecule has 0 radical (unpaired) electrons. The Labute approximate surface area is 93.4 Å². The lowest BCUT2D eigenvalue weighted by Gasteiger charge is -2.10. The van der Waals surface area contributed by atoms with Gasteiger partial charge in [0.1, 0.15) is 0 Å². The zero-order valence-corrected chi connectivity index (χ0v) is 8.91. The third-order valence-electron chi connectivity index (χ3n) is 2.61. The summed E-state index contributed by atoms with van der Waals surface area (Å²) < 4.78 is 18.9. The maximum atomic E-state index is 13.5. The molecule has 0 aliphatic heterocycles. The summed E-state index contributed by atoms with van der Waals surface area (Å²) in [6.07, 6.45) is 2.24. The second-order valence-electron chi connectivity index (χ2n) is 4.00. The molecule has 1 aromatic rings. The van der Waals surface area contributed by atoms with Crippen molar-refractivity contribution in [1.82, 2.24) is 0 Å². The van der Waals surface area contributed by atoms with Crippen LogP contribution < -0.4 is 10.5 Å². The number of Topliss-reactive ketones (excluding diaryl/α,β-unsaturated/α-hetero) is 1. The Morgan fingerprint density at radius 2 is 2.25 bits per heavy atom. The Bertz CT molecular complexity index is 402. The Hall–Kier alpha value is -1.42. The van der Waals surface area contributed by atoms with Crippen LogP contribution in [0.2, 0.25) is 0 Å². The molecule has 16 heavy (non-hydrogen) atoms. The van der Waals surface area contributed by atoms with E-state index in [1.54, 1.807) is 6.07 Å². The van der Waals surface area contributed by atoms with Crippen molar-refractivity contribution in [3.8, 4) is 5.75 Å². The molecule has 0 saturated heterocycles. The lowest BCUT2D eigenvalue weighted by molar-refractivity contribution is 0.0996. The van der Waals surface area contributed by atoms with Gasteiger partial charge in [0, 0.05) is 0 Å². The molecule has 1 aliphatic rings. The van der Waals surface area contributed by atoms with Crippen LogP contribution in [0.3, 0.4) is 0 Å². The molecule has 4 heteroatoms. The first-order valence-corrected chi connectivity index (χ1v) is 5.37. The number of hydrogen-bond donors (Lipinski definition) is 1. The van der Waals surface area contributed by atoms with Gasteiger partial charge in [-0.1, -0.05) is 6.07 Å². The van der Waals surface area contributed by atoms with Gasteiger partial charge in [0.15, 0.2) is 17.3 Å². The Morgan fingerprint density at radius 1 is 1.50 bits per heavy atom. The fourth-order valence-corrected chi connectivity index (χ4v) is 1.47. The number of carbonyl (C=O) groups is 1. The van der Waals surface area contributed by atoms with Gasteiger partial charge >= 0.3 is 0 Å². The highest BCUT2D eigenvalue weighted by atomic mass is 19.1. The van der Waals surface area contributed by atoms with E-state index in [-0.39, 0.29) is 23.6 Å². The van der Waals surface area contributed by atoms with E-state index in [1.165, 1.54) is 12.1 Å². The van der Waals surface area contributed by atoms with Gasteiger partial charge in [0.2, 0.25) is 0 Å². The molecule has 0 atom stereocenters. The maximum absolute atomic E-state index is 13.5. The van der Waals surface area contributed by atoms with Crippen LogP contribution >= 0.6 is 0 Å². The summed E-state index contributed by atoms with van der Waals surface area (Å²) >= 11 is 0. The van der Waals surface area contributed by atoms with Gasteiger partial charge < -0.3 is 10.5 Å². The smallest absolute Gasteiger partial charge is 0.180 e. The molecule has 1 fully saturated rings. The van der Waals surface area contributed by atoms with Crippen LogP contribution in [-0.2, 0) is 0 Å². The van der Waals surface area contributed by atoms with E-state index in [0.717, 1.165) is 12.8 Å². The molecule has 0 aromatic heterocycles. The normalized spacial score (nSPS) is 14.9. The van der Waals surface area contributed by atoms with Crippen molar-refractivity contribution < 1.29 is 13.9 Å². The minimum absolute atomic E-state index is 0.0462. The molecule has 1 aliphatic carbocycles. The number of carbonyl (C=O) groups excluding carboxylic acids is 1. The molecular weight excluding hydrogens is 209 g/mol. The first-order valence-electron chi connectivity index (χ1n) is 5.37. The number of ketones is 1. The average molecular weight is 223 g/mol. The number of para-hydroxylation sites is 1. The molecule has 3 nitrogen and oxygen atoms in total. The van der Waals surface area contributed by atoms with Gasteiger partial charge in [-0.25, -0.2) is 4.39 Å². The van der Waals surface area contributed by atoms with Crippen LogP contribution in [0, 0.1) is 11.7 Å². The van der Waals surface area contributed by atoms with Crippen LogP contribution in [0.1, 0.15) is 23.2 Å². The second-order valence-corrected chi connectivity index (χ2v) is 4.00. The maximum Gasteiger partial charge on any atom is 0.180 e. The van der Waals surface area contributed by atoms with Gasteiger partial charge in [-0.3, -0.25) is 4.79 Å². The largest absolute Gasteiger partial charge is 0.489 e. The van der Waals surface area contributed by atoms with E-state index in [9.17, 15) is 9.18 Å². The third kappa shape index (κ3) is 2.39. The Morgan fingerprint density at radius 3 is 2.88 bits per heavy atom. The number of benzene rings is 1. The molecule has 1 aromatic carbocycles. The number of hydrogen-bond acceptors (Lipinski definition) is 3. The van der Waals surface area contributed by atoms with Gasteiger partial charge in [-0.05, 0) is 30.9 Å². The van der Waals surface area contributed by atoms with Crippen LogP contribution in [0.15, 0.2) is 18.2 Å². The average Bonchev–Trinajstić information content (AvgIpc) is 3.10. The molecular formula is C12H14FNO2. The van der Waals surface area contributed by atoms with Crippen molar-refractivity contribution >= 4 is 5.78 Å². The van der Waals surface area contributed by atoms with Gasteiger partial charge in [-0.2, -0.15) is 0 Å². The summed E-state index contributed by atoms with van der Waals surface area (Å²) in [6, 6.07) is 4.32. The molecule has 0 unspecified atom stereocenters. The van der Waals surface area contributed by atoms with E-state index >= 15 is 0 Å². The summed E-state index contributed by atoms with van der Waals surface area (Å²) in [5.41, 5.74) is 5.50. The lowest BCUT2D eigenvalue weighted by Crippen LogP contribution is -2.16. The van der Waals surface area contributed by atoms with Crippen molar-refractivity contribution in [2.24, 2.45) is 11.7 Å². The summed E-state index contributed by atoms with van der Waals surface area (Å²) in [5.74, 6) is -0.240. The summed E-state index contributed by atoms with van der Waals surface area (Å²) in [4.78, 5) is 11.5. The molecule has 86 valence electrons. The Kier molecular flexibility index (Phi) is 3.19.